The van der Waals surface area contributed by atoms with Gasteiger partial charge < -0.3 is 9.64 Å². The Morgan fingerprint density at radius 1 is 1.15 bits per heavy atom. The summed E-state index contributed by atoms with van der Waals surface area (Å²) in [5, 5.41) is 0.628. The number of hydrogen-bond donors (Lipinski definition) is 0. The summed E-state index contributed by atoms with van der Waals surface area (Å²) in [4.78, 5) is 28.0. The van der Waals surface area contributed by atoms with E-state index in [4.69, 9.17) is 4.74 Å². The minimum atomic E-state index is 0.00600. The molecule has 0 aliphatic carbocycles. The molecule has 134 valence electrons. The van der Waals surface area contributed by atoms with Crippen LogP contribution in [0.4, 0.5) is 5.95 Å². The maximum Gasteiger partial charge on any atom is 0.261 e. The van der Waals surface area contributed by atoms with Crippen molar-refractivity contribution in [3.63, 3.8) is 0 Å². The van der Waals surface area contributed by atoms with E-state index in [0.717, 1.165) is 31.9 Å². The van der Waals surface area contributed by atoms with Crippen molar-refractivity contribution >= 4 is 16.9 Å². The van der Waals surface area contributed by atoms with E-state index in [2.05, 4.69) is 19.9 Å². The van der Waals surface area contributed by atoms with Crippen LogP contribution in [0, 0.1) is 5.92 Å². The Morgan fingerprint density at radius 2 is 1.92 bits per heavy atom. The minimum absolute atomic E-state index is 0.00600. The molecule has 1 aromatic carbocycles. The Balaban J connectivity index is 1.47. The Morgan fingerprint density at radius 3 is 2.65 bits per heavy atom. The van der Waals surface area contributed by atoms with Gasteiger partial charge in [0.25, 0.3) is 5.56 Å². The number of anilines is 1. The van der Waals surface area contributed by atoms with Crippen LogP contribution >= 0.6 is 0 Å². The van der Waals surface area contributed by atoms with Gasteiger partial charge in [-0.15, -0.1) is 0 Å². The predicted molar refractivity (Wildman–Crippen MR) is 99.5 cm³/mol. The molecule has 4 rings (SSSR count). The van der Waals surface area contributed by atoms with Crippen molar-refractivity contribution in [2.75, 3.05) is 25.1 Å². The van der Waals surface area contributed by atoms with Crippen molar-refractivity contribution in [3.8, 4) is 5.75 Å². The van der Waals surface area contributed by atoms with E-state index in [1.54, 1.807) is 48.6 Å². The normalized spacial score (nSPS) is 15.3. The largest absolute Gasteiger partial charge is 0.497 e. The fourth-order valence-electron chi connectivity index (χ4n) is 3.44. The third-order valence-corrected chi connectivity index (χ3v) is 4.94. The number of methoxy groups -OCH3 is 1. The maximum atomic E-state index is 12.7. The van der Waals surface area contributed by atoms with Crippen LogP contribution in [0.5, 0.6) is 5.75 Å². The van der Waals surface area contributed by atoms with Crippen LogP contribution in [0.15, 0.2) is 47.8 Å². The van der Waals surface area contributed by atoms with E-state index in [0.29, 0.717) is 29.1 Å². The first-order chi connectivity index (χ1) is 12.7. The van der Waals surface area contributed by atoms with Crippen molar-refractivity contribution in [1.82, 2.24) is 19.5 Å². The van der Waals surface area contributed by atoms with Crippen molar-refractivity contribution in [3.05, 3.63) is 53.3 Å². The van der Waals surface area contributed by atoms with E-state index in [9.17, 15) is 4.79 Å². The average Bonchev–Trinajstić information content (AvgIpc) is 2.71. The summed E-state index contributed by atoms with van der Waals surface area (Å²) in [7, 11) is 1.61. The van der Waals surface area contributed by atoms with Gasteiger partial charge in [0.05, 0.1) is 24.3 Å². The number of fused-ring (bicyclic) bond motifs is 1. The predicted octanol–water partition coefficient (Wildman–Crippen LogP) is 2.11. The van der Waals surface area contributed by atoms with Crippen LogP contribution < -0.4 is 15.2 Å². The Hall–Kier alpha value is -2.96. The highest BCUT2D eigenvalue weighted by Crippen LogP contribution is 2.22. The molecule has 0 spiro atoms. The average molecular weight is 351 g/mol. The highest BCUT2D eigenvalue weighted by Gasteiger charge is 2.21. The van der Waals surface area contributed by atoms with Crippen molar-refractivity contribution in [2.24, 2.45) is 5.92 Å². The van der Waals surface area contributed by atoms with Crippen LogP contribution in [-0.4, -0.2) is 39.7 Å². The highest BCUT2D eigenvalue weighted by atomic mass is 16.5. The lowest BCUT2D eigenvalue weighted by Gasteiger charge is -2.32. The molecular formula is C19H21N5O2. The molecule has 3 aromatic rings. The molecule has 0 bridgehead atoms. The number of ether oxygens (including phenoxy) is 1. The van der Waals surface area contributed by atoms with Gasteiger partial charge in [0.2, 0.25) is 5.95 Å². The summed E-state index contributed by atoms with van der Waals surface area (Å²) in [6, 6.07) is 7.20. The molecule has 26 heavy (non-hydrogen) atoms. The molecule has 1 saturated heterocycles. The third-order valence-electron chi connectivity index (χ3n) is 4.94. The van der Waals surface area contributed by atoms with Crippen LogP contribution in [-0.2, 0) is 6.54 Å². The second-order valence-corrected chi connectivity index (χ2v) is 6.56. The van der Waals surface area contributed by atoms with E-state index in [1.165, 1.54) is 0 Å². The van der Waals surface area contributed by atoms with Crippen molar-refractivity contribution < 1.29 is 4.74 Å². The van der Waals surface area contributed by atoms with Gasteiger partial charge in [-0.3, -0.25) is 9.36 Å². The SMILES string of the molecule is COc1ccc2c(=O)n(CC3CCN(c4ncccn4)CC3)cnc2c1. The number of benzene rings is 1. The Kier molecular flexibility index (Phi) is 4.51. The lowest BCUT2D eigenvalue weighted by atomic mass is 9.97. The first-order valence-corrected chi connectivity index (χ1v) is 8.80. The molecule has 2 aromatic heterocycles. The number of rotatable bonds is 4. The molecule has 7 nitrogen and oxygen atoms in total. The number of hydrogen-bond acceptors (Lipinski definition) is 6. The summed E-state index contributed by atoms with van der Waals surface area (Å²) in [5.74, 6) is 1.94. The first kappa shape index (κ1) is 16.5. The molecule has 0 unspecified atom stereocenters. The fraction of sp³-hybridized carbons (Fsp3) is 0.368. The van der Waals surface area contributed by atoms with Crippen LogP contribution in [0.25, 0.3) is 10.9 Å². The smallest absolute Gasteiger partial charge is 0.261 e. The molecule has 0 saturated carbocycles. The topological polar surface area (TPSA) is 73.1 Å². The molecule has 0 atom stereocenters. The molecule has 0 radical (unpaired) electrons. The van der Waals surface area contributed by atoms with Crippen LogP contribution in [0.3, 0.4) is 0 Å². The highest BCUT2D eigenvalue weighted by molar-refractivity contribution is 5.78. The summed E-state index contributed by atoms with van der Waals surface area (Å²) in [6.45, 7) is 2.50. The van der Waals surface area contributed by atoms with Gasteiger partial charge in [-0.2, -0.15) is 0 Å². The molecule has 1 aliphatic heterocycles. The number of aromatic nitrogens is 4. The second kappa shape index (κ2) is 7.11. The summed E-state index contributed by atoms with van der Waals surface area (Å²) in [6.07, 6.45) is 7.20. The molecular weight excluding hydrogens is 330 g/mol. The van der Waals surface area contributed by atoms with Gasteiger partial charge in [-0.05, 0) is 37.0 Å². The number of piperidine rings is 1. The van der Waals surface area contributed by atoms with Crippen LogP contribution in [0.2, 0.25) is 0 Å². The Bertz CT molecular complexity index is 949. The van der Waals surface area contributed by atoms with Gasteiger partial charge in [-0.25, -0.2) is 15.0 Å². The van der Waals surface area contributed by atoms with Crippen molar-refractivity contribution in [2.45, 2.75) is 19.4 Å². The van der Waals surface area contributed by atoms with Gasteiger partial charge in [0, 0.05) is 38.1 Å². The summed E-state index contributed by atoms with van der Waals surface area (Å²) in [5.41, 5.74) is 0.674. The molecule has 1 fully saturated rings. The Labute approximate surface area is 151 Å². The fourth-order valence-corrected chi connectivity index (χ4v) is 3.44. The summed E-state index contributed by atoms with van der Waals surface area (Å²) < 4.78 is 6.93. The molecule has 1 aliphatic rings. The van der Waals surface area contributed by atoms with E-state index in [-0.39, 0.29) is 5.56 Å². The third kappa shape index (κ3) is 3.24. The minimum Gasteiger partial charge on any atom is -0.497 e. The standard InChI is InChI=1S/C19H21N5O2/c1-26-15-3-4-16-17(11-15)22-13-24(18(16)25)12-14-5-9-23(10-6-14)19-20-7-2-8-21-19/h2-4,7-8,11,13-14H,5-6,9-10,12H2,1H3. The lowest BCUT2D eigenvalue weighted by Crippen LogP contribution is -2.37. The number of nitrogens with zero attached hydrogens (tertiary/aromatic N) is 5. The van der Waals surface area contributed by atoms with Gasteiger partial charge in [0.15, 0.2) is 0 Å². The quantitative estimate of drug-likeness (QED) is 0.717. The zero-order chi connectivity index (χ0) is 17.9. The molecule has 0 N–H and O–H groups in total. The zero-order valence-electron chi connectivity index (χ0n) is 14.7. The van der Waals surface area contributed by atoms with Gasteiger partial charge >= 0.3 is 0 Å². The molecule has 0 amide bonds. The summed E-state index contributed by atoms with van der Waals surface area (Å²) >= 11 is 0. The monoisotopic (exact) mass is 351 g/mol. The zero-order valence-corrected chi connectivity index (χ0v) is 14.7. The molecule has 3 heterocycles. The maximum absolute atomic E-state index is 12.7. The van der Waals surface area contributed by atoms with Gasteiger partial charge in [-0.1, -0.05) is 0 Å². The van der Waals surface area contributed by atoms with E-state index in [1.807, 2.05) is 6.07 Å². The van der Waals surface area contributed by atoms with Gasteiger partial charge in [0.1, 0.15) is 5.75 Å². The van der Waals surface area contributed by atoms with Crippen LogP contribution in [0.1, 0.15) is 12.8 Å². The van der Waals surface area contributed by atoms with E-state index < -0.39 is 0 Å². The molecule has 7 heteroatoms. The van der Waals surface area contributed by atoms with Crippen molar-refractivity contribution in [1.29, 1.82) is 0 Å². The second-order valence-electron chi connectivity index (χ2n) is 6.56. The first-order valence-electron chi connectivity index (χ1n) is 8.80. The lowest BCUT2D eigenvalue weighted by molar-refractivity contribution is 0.350. The van der Waals surface area contributed by atoms with E-state index >= 15 is 0 Å².